The minimum atomic E-state index is 0.0895. The van der Waals surface area contributed by atoms with Crippen molar-refractivity contribution in [2.75, 3.05) is 20.6 Å². The predicted octanol–water partition coefficient (Wildman–Crippen LogP) is 3.36. The third-order valence-electron chi connectivity index (χ3n) is 4.85. The standard InChI is InChI=1S/C21H27N5/c1-21(2,25(3)4)16-23-14-18-15-26(19-8-6-5-7-9-19)24-20(18)17-10-12-22-13-11-17/h5-13,15,23H,14,16H2,1-4H3. The van der Waals surface area contributed by atoms with E-state index >= 15 is 0 Å². The SMILES string of the molecule is CN(C)C(C)(C)CNCc1cn(-c2ccccc2)nc1-c1ccncc1. The van der Waals surface area contributed by atoms with E-state index in [9.17, 15) is 0 Å². The first-order valence-electron chi connectivity index (χ1n) is 8.90. The Morgan fingerprint density at radius 3 is 2.38 bits per heavy atom. The highest BCUT2D eigenvalue weighted by Gasteiger charge is 2.20. The lowest BCUT2D eigenvalue weighted by Crippen LogP contribution is -2.46. The minimum Gasteiger partial charge on any atom is -0.311 e. The lowest BCUT2D eigenvalue weighted by Gasteiger charge is -2.32. The van der Waals surface area contributed by atoms with Crippen molar-refractivity contribution in [1.29, 1.82) is 0 Å². The van der Waals surface area contributed by atoms with Gasteiger partial charge in [0.2, 0.25) is 0 Å². The van der Waals surface area contributed by atoms with Crippen LogP contribution in [0.5, 0.6) is 0 Å². The maximum absolute atomic E-state index is 4.84. The Balaban J connectivity index is 1.87. The fraction of sp³-hybridized carbons (Fsp3) is 0.333. The second-order valence-electron chi connectivity index (χ2n) is 7.33. The van der Waals surface area contributed by atoms with Crippen LogP contribution in [0.4, 0.5) is 0 Å². The van der Waals surface area contributed by atoms with E-state index in [0.717, 1.165) is 30.0 Å². The van der Waals surface area contributed by atoms with Gasteiger partial charge in [0.25, 0.3) is 0 Å². The summed E-state index contributed by atoms with van der Waals surface area (Å²) >= 11 is 0. The van der Waals surface area contributed by atoms with E-state index in [-0.39, 0.29) is 5.54 Å². The highest BCUT2D eigenvalue weighted by Crippen LogP contribution is 2.23. The molecule has 0 aliphatic heterocycles. The number of rotatable bonds is 7. The maximum Gasteiger partial charge on any atom is 0.0973 e. The number of hydrogen-bond acceptors (Lipinski definition) is 4. The Bertz CT molecular complexity index is 822. The molecule has 1 N–H and O–H groups in total. The van der Waals surface area contributed by atoms with Crippen molar-refractivity contribution in [1.82, 2.24) is 25.0 Å². The van der Waals surface area contributed by atoms with Gasteiger partial charge in [0.1, 0.15) is 0 Å². The average Bonchev–Trinajstić information content (AvgIpc) is 3.07. The molecule has 0 saturated carbocycles. The van der Waals surface area contributed by atoms with E-state index in [4.69, 9.17) is 5.10 Å². The van der Waals surface area contributed by atoms with Crippen LogP contribution in [-0.4, -0.2) is 45.8 Å². The highest BCUT2D eigenvalue weighted by molar-refractivity contribution is 5.62. The van der Waals surface area contributed by atoms with Gasteiger partial charge in [-0.15, -0.1) is 0 Å². The van der Waals surface area contributed by atoms with E-state index in [2.05, 4.69) is 61.5 Å². The zero-order valence-electron chi connectivity index (χ0n) is 16.0. The molecule has 0 saturated heterocycles. The molecule has 0 atom stereocenters. The Morgan fingerprint density at radius 1 is 1.04 bits per heavy atom. The van der Waals surface area contributed by atoms with Gasteiger partial charge in [-0.05, 0) is 52.2 Å². The molecule has 26 heavy (non-hydrogen) atoms. The van der Waals surface area contributed by atoms with Gasteiger partial charge in [-0.3, -0.25) is 4.98 Å². The van der Waals surface area contributed by atoms with E-state index in [0.29, 0.717) is 0 Å². The van der Waals surface area contributed by atoms with Crippen molar-refractivity contribution in [2.24, 2.45) is 0 Å². The van der Waals surface area contributed by atoms with Gasteiger partial charge in [0, 0.05) is 48.3 Å². The molecule has 3 rings (SSSR count). The smallest absolute Gasteiger partial charge is 0.0973 e. The Hall–Kier alpha value is -2.50. The highest BCUT2D eigenvalue weighted by atomic mass is 15.3. The van der Waals surface area contributed by atoms with Crippen LogP contribution in [-0.2, 0) is 6.54 Å². The zero-order chi connectivity index (χ0) is 18.6. The van der Waals surface area contributed by atoms with E-state index < -0.39 is 0 Å². The third-order valence-corrected chi connectivity index (χ3v) is 4.85. The Kier molecular flexibility index (Phi) is 5.49. The lowest BCUT2D eigenvalue weighted by atomic mass is 10.0. The first-order valence-corrected chi connectivity index (χ1v) is 8.90. The van der Waals surface area contributed by atoms with Crippen molar-refractivity contribution < 1.29 is 0 Å². The molecule has 136 valence electrons. The van der Waals surface area contributed by atoms with Gasteiger partial charge >= 0.3 is 0 Å². The molecule has 0 radical (unpaired) electrons. The summed E-state index contributed by atoms with van der Waals surface area (Å²) in [4.78, 5) is 6.36. The molecule has 0 bridgehead atoms. The Labute approximate surface area is 155 Å². The number of para-hydroxylation sites is 1. The third kappa shape index (κ3) is 4.18. The van der Waals surface area contributed by atoms with E-state index in [1.807, 2.05) is 47.4 Å². The van der Waals surface area contributed by atoms with Crippen molar-refractivity contribution in [3.8, 4) is 16.9 Å². The largest absolute Gasteiger partial charge is 0.311 e. The molecule has 2 heterocycles. The number of nitrogens with zero attached hydrogens (tertiary/aromatic N) is 4. The topological polar surface area (TPSA) is 46.0 Å². The van der Waals surface area contributed by atoms with Crippen LogP contribution in [0.15, 0.2) is 61.1 Å². The number of pyridine rings is 1. The van der Waals surface area contributed by atoms with E-state index in [1.165, 1.54) is 5.56 Å². The molecule has 0 aliphatic carbocycles. The first-order chi connectivity index (χ1) is 12.5. The number of likely N-dealkylation sites (N-methyl/N-ethyl adjacent to an activating group) is 1. The fourth-order valence-electron chi connectivity index (χ4n) is 2.67. The van der Waals surface area contributed by atoms with Crippen LogP contribution in [0.2, 0.25) is 0 Å². The summed E-state index contributed by atoms with van der Waals surface area (Å²) in [5.74, 6) is 0. The van der Waals surface area contributed by atoms with Gasteiger partial charge in [-0.25, -0.2) is 4.68 Å². The molecule has 0 amide bonds. The molecule has 3 aromatic rings. The van der Waals surface area contributed by atoms with Crippen LogP contribution >= 0.6 is 0 Å². The second kappa shape index (κ2) is 7.81. The van der Waals surface area contributed by atoms with Gasteiger partial charge in [-0.2, -0.15) is 5.10 Å². The normalized spacial score (nSPS) is 11.9. The number of nitrogens with one attached hydrogen (secondary N) is 1. The number of aromatic nitrogens is 3. The molecular weight excluding hydrogens is 322 g/mol. The van der Waals surface area contributed by atoms with Gasteiger partial charge in [-0.1, -0.05) is 18.2 Å². The summed E-state index contributed by atoms with van der Waals surface area (Å²) in [6, 6.07) is 14.2. The van der Waals surface area contributed by atoms with Crippen LogP contribution in [0.3, 0.4) is 0 Å². The van der Waals surface area contributed by atoms with Crippen molar-refractivity contribution >= 4 is 0 Å². The summed E-state index contributed by atoms with van der Waals surface area (Å²) in [6.07, 6.45) is 5.73. The Morgan fingerprint density at radius 2 is 1.73 bits per heavy atom. The van der Waals surface area contributed by atoms with Crippen molar-refractivity contribution in [3.05, 3.63) is 66.6 Å². The fourth-order valence-corrected chi connectivity index (χ4v) is 2.67. The minimum absolute atomic E-state index is 0.0895. The average molecular weight is 349 g/mol. The monoisotopic (exact) mass is 349 g/mol. The summed E-state index contributed by atoms with van der Waals surface area (Å²) in [7, 11) is 4.22. The summed E-state index contributed by atoms with van der Waals surface area (Å²) in [6.45, 7) is 6.13. The summed E-state index contributed by atoms with van der Waals surface area (Å²) in [5, 5.41) is 8.43. The van der Waals surface area contributed by atoms with Gasteiger partial charge in [0.15, 0.2) is 0 Å². The lowest BCUT2D eigenvalue weighted by molar-refractivity contribution is 0.190. The summed E-state index contributed by atoms with van der Waals surface area (Å²) in [5.41, 5.74) is 4.40. The molecule has 1 aromatic carbocycles. The van der Waals surface area contributed by atoms with Crippen LogP contribution < -0.4 is 5.32 Å². The molecule has 0 aliphatic rings. The van der Waals surface area contributed by atoms with Crippen molar-refractivity contribution in [2.45, 2.75) is 25.9 Å². The molecule has 0 fully saturated rings. The molecule has 2 aromatic heterocycles. The molecule has 0 unspecified atom stereocenters. The molecular formula is C21H27N5. The quantitative estimate of drug-likeness (QED) is 0.710. The van der Waals surface area contributed by atoms with E-state index in [1.54, 1.807) is 0 Å². The first kappa shape index (κ1) is 18.3. The predicted molar refractivity (Wildman–Crippen MR) is 106 cm³/mol. The maximum atomic E-state index is 4.84. The number of benzene rings is 1. The zero-order valence-corrected chi connectivity index (χ0v) is 16.0. The van der Waals surface area contributed by atoms with Gasteiger partial charge < -0.3 is 10.2 Å². The molecule has 5 heteroatoms. The number of hydrogen-bond donors (Lipinski definition) is 1. The summed E-state index contributed by atoms with van der Waals surface area (Å²) < 4.78 is 1.95. The van der Waals surface area contributed by atoms with Gasteiger partial charge in [0.05, 0.1) is 11.4 Å². The molecule has 5 nitrogen and oxygen atoms in total. The van der Waals surface area contributed by atoms with Crippen LogP contribution in [0, 0.1) is 0 Å². The van der Waals surface area contributed by atoms with Crippen molar-refractivity contribution in [3.63, 3.8) is 0 Å². The van der Waals surface area contributed by atoms with Crippen LogP contribution in [0.1, 0.15) is 19.4 Å². The molecule has 0 spiro atoms. The second-order valence-corrected chi connectivity index (χ2v) is 7.33. The van der Waals surface area contributed by atoms with Crippen LogP contribution in [0.25, 0.3) is 16.9 Å².